The third kappa shape index (κ3) is 2.82. The summed E-state index contributed by atoms with van der Waals surface area (Å²) in [5.74, 6) is 0.701. The normalized spacial score (nSPS) is 18.6. The van der Waals surface area contributed by atoms with Gasteiger partial charge in [0.2, 0.25) is 5.76 Å². The molecule has 0 radical (unpaired) electrons. The third-order valence-electron chi connectivity index (χ3n) is 3.05. The first-order valence-electron chi connectivity index (χ1n) is 5.63. The highest BCUT2D eigenvalue weighted by Crippen LogP contribution is 2.14. The second-order valence-electron chi connectivity index (χ2n) is 4.33. The molecule has 5 nitrogen and oxygen atoms in total. The van der Waals surface area contributed by atoms with Crippen LogP contribution >= 0.6 is 0 Å². The van der Waals surface area contributed by atoms with E-state index in [1.54, 1.807) is 6.07 Å². The number of carbonyl (C=O) groups is 1. The summed E-state index contributed by atoms with van der Waals surface area (Å²) >= 11 is 0. The van der Waals surface area contributed by atoms with Crippen molar-refractivity contribution < 1.29 is 9.32 Å². The molecule has 1 aromatic heterocycles. The zero-order valence-corrected chi connectivity index (χ0v) is 9.48. The molecule has 0 spiro atoms. The second-order valence-corrected chi connectivity index (χ2v) is 4.33. The Balaban J connectivity index is 1.73. The Morgan fingerprint density at radius 1 is 1.62 bits per heavy atom. The van der Waals surface area contributed by atoms with Gasteiger partial charge >= 0.3 is 0 Å². The van der Waals surface area contributed by atoms with Crippen LogP contribution in [0.25, 0.3) is 0 Å². The molecule has 0 aliphatic carbocycles. The number of piperidine rings is 1. The third-order valence-corrected chi connectivity index (χ3v) is 3.05. The number of likely N-dealkylation sites (tertiary alicyclic amines) is 1. The summed E-state index contributed by atoms with van der Waals surface area (Å²) in [7, 11) is 2.13. The average molecular weight is 223 g/mol. The van der Waals surface area contributed by atoms with E-state index in [1.807, 2.05) is 0 Å². The van der Waals surface area contributed by atoms with E-state index in [2.05, 4.69) is 22.4 Å². The van der Waals surface area contributed by atoms with Gasteiger partial charge in [0.25, 0.3) is 5.91 Å². The lowest BCUT2D eigenvalue weighted by atomic mass is 9.97. The summed E-state index contributed by atoms with van der Waals surface area (Å²) in [6, 6.07) is 1.57. The van der Waals surface area contributed by atoms with Crippen molar-refractivity contribution in [3.8, 4) is 0 Å². The Hall–Kier alpha value is -1.36. The van der Waals surface area contributed by atoms with Gasteiger partial charge < -0.3 is 14.7 Å². The molecule has 2 heterocycles. The Morgan fingerprint density at radius 3 is 3.00 bits per heavy atom. The Kier molecular flexibility index (Phi) is 3.56. The van der Waals surface area contributed by atoms with Crippen molar-refractivity contribution in [1.82, 2.24) is 15.4 Å². The van der Waals surface area contributed by atoms with Gasteiger partial charge in [-0.1, -0.05) is 5.16 Å². The molecule has 1 aliphatic heterocycles. The predicted octanol–water partition coefficient (Wildman–Crippen LogP) is 0.746. The Bertz CT molecular complexity index is 329. The lowest BCUT2D eigenvalue weighted by Crippen LogP contribution is -2.36. The fraction of sp³-hybridized carbons (Fsp3) is 0.636. The van der Waals surface area contributed by atoms with Gasteiger partial charge in [-0.2, -0.15) is 0 Å². The molecule has 1 N–H and O–H groups in total. The van der Waals surface area contributed by atoms with E-state index in [1.165, 1.54) is 6.20 Å². The minimum atomic E-state index is -0.170. The van der Waals surface area contributed by atoms with E-state index in [4.69, 9.17) is 4.52 Å². The molecule has 1 aliphatic rings. The van der Waals surface area contributed by atoms with Gasteiger partial charge in [0.15, 0.2) is 0 Å². The summed E-state index contributed by atoms with van der Waals surface area (Å²) in [6.07, 6.45) is 3.77. The fourth-order valence-corrected chi connectivity index (χ4v) is 1.92. The molecular formula is C11H17N3O2. The van der Waals surface area contributed by atoms with Crippen molar-refractivity contribution in [3.63, 3.8) is 0 Å². The highest BCUT2D eigenvalue weighted by atomic mass is 16.5. The summed E-state index contributed by atoms with van der Waals surface area (Å²) in [4.78, 5) is 13.9. The highest BCUT2D eigenvalue weighted by molar-refractivity contribution is 5.91. The lowest BCUT2D eigenvalue weighted by molar-refractivity contribution is 0.0902. The molecule has 1 amide bonds. The molecule has 16 heavy (non-hydrogen) atoms. The van der Waals surface area contributed by atoms with Crippen LogP contribution in [-0.4, -0.2) is 42.6 Å². The highest BCUT2D eigenvalue weighted by Gasteiger charge is 2.18. The molecule has 2 rings (SSSR count). The molecule has 1 aromatic rings. The molecule has 0 unspecified atom stereocenters. The topological polar surface area (TPSA) is 58.4 Å². The smallest absolute Gasteiger partial charge is 0.289 e. The first-order chi connectivity index (χ1) is 7.75. The first-order valence-corrected chi connectivity index (χ1v) is 5.63. The minimum absolute atomic E-state index is 0.170. The predicted molar refractivity (Wildman–Crippen MR) is 59.1 cm³/mol. The first kappa shape index (κ1) is 11.1. The van der Waals surface area contributed by atoms with Gasteiger partial charge in [0, 0.05) is 12.6 Å². The average Bonchev–Trinajstić information content (AvgIpc) is 2.81. The van der Waals surface area contributed by atoms with Crippen LogP contribution in [0.4, 0.5) is 0 Å². The number of hydrogen-bond donors (Lipinski definition) is 1. The molecule has 5 heteroatoms. The van der Waals surface area contributed by atoms with E-state index in [-0.39, 0.29) is 11.7 Å². The molecule has 0 aromatic carbocycles. The van der Waals surface area contributed by atoms with Crippen molar-refractivity contribution in [1.29, 1.82) is 0 Å². The monoisotopic (exact) mass is 223 g/mol. The summed E-state index contributed by atoms with van der Waals surface area (Å²) in [5, 5.41) is 6.38. The number of aromatic nitrogens is 1. The SMILES string of the molecule is CN1CCC(CNC(=O)c2ccno2)CC1. The van der Waals surface area contributed by atoms with Crippen LogP contribution in [0.1, 0.15) is 23.4 Å². The van der Waals surface area contributed by atoms with Crippen molar-refractivity contribution in [2.24, 2.45) is 5.92 Å². The number of nitrogens with one attached hydrogen (secondary N) is 1. The maximum Gasteiger partial charge on any atom is 0.289 e. The summed E-state index contributed by atoms with van der Waals surface area (Å²) in [6.45, 7) is 2.96. The largest absolute Gasteiger partial charge is 0.351 e. The Morgan fingerprint density at radius 2 is 2.38 bits per heavy atom. The second kappa shape index (κ2) is 5.12. The zero-order chi connectivity index (χ0) is 11.4. The van der Waals surface area contributed by atoms with E-state index in [0.29, 0.717) is 5.92 Å². The van der Waals surface area contributed by atoms with Crippen LogP contribution in [0.3, 0.4) is 0 Å². The summed E-state index contributed by atoms with van der Waals surface area (Å²) < 4.78 is 4.78. The van der Waals surface area contributed by atoms with Crippen LogP contribution in [0.5, 0.6) is 0 Å². The minimum Gasteiger partial charge on any atom is -0.351 e. The molecule has 0 bridgehead atoms. The Labute approximate surface area is 94.8 Å². The van der Waals surface area contributed by atoms with Crippen molar-refractivity contribution in [3.05, 3.63) is 18.0 Å². The van der Waals surface area contributed by atoms with Crippen LogP contribution in [0.15, 0.2) is 16.8 Å². The van der Waals surface area contributed by atoms with Crippen LogP contribution in [0, 0.1) is 5.92 Å². The van der Waals surface area contributed by atoms with Gasteiger partial charge in [0.05, 0.1) is 6.20 Å². The van der Waals surface area contributed by atoms with Gasteiger partial charge in [-0.05, 0) is 38.9 Å². The van der Waals surface area contributed by atoms with Crippen molar-refractivity contribution in [2.75, 3.05) is 26.7 Å². The van der Waals surface area contributed by atoms with E-state index < -0.39 is 0 Å². The molecule has 88 valence electrons. The van der Waals surface area contributed by atoms with Crippen molar-refractivity contribution in [2.45, 2.75) is 12.8 Å². The van der Waals surface area contributed by atoms with Crippen LogP contribution in [-0.2, 0) is 0 Å². The number of carbonyl (C=O) groups excluding carboxylic acids is 1. The summed E-state index contributed by atoms with van der Waals surface area (Å²) in [5.41, 5.74) is 0. The van der Waals surface area contributed by atoms with Gasteiger partial charge in [-0.3, -0.25) is 4.79 Å². The van der Waals surface area contributed by atoms with Crippen molar-refractivity contribution >= 4 is 5.91 Å². The molecule has 1 fully saturated rings. The quantitative estimate of drug-likeness (QED) is 0.821. The molecule has 1 saturated heterocycles. The van der Waals surface area contributed by atoms with E-state index in [9.17, 15) is 4.79 Å². The molecule has 0 atom stereocenters. The van der Waals surface area contributed by atoms with Gasteiger partial charge in [-0.15, -0.1) is 0 Å². The number of hydrogen-bond acceptors (Lipinski definition) is 4. The van der Waals surface area contributed by atoms with Crippen LogP contribution in [0.2, 0.25) is 0 Å². The lowest BCUT2D eigenvalue weighted by Gasteiger charge is -2.28. The zero-order valence-electron chi connectivity index (χ0n) is 9.48. The number of nitrogens with zero attached hydrogens (tertiary/aromatic N) is 2. The van der Waals surface area contributed by atoms with Gasteiger partial charge in [-0.25, -0.2) is 0 Å². The maximum atomic E-state index is 11.6. The van der Waals surface area contributed by atoms with Gasteiger partial charge in [0.1, 0.15) is 0 Å². The molecular weight excluding hydrogens is 206 g/mol. The van der Waals surface area contributed by atoms with Crippen LogP contribution < -0.4 is 5.32 Å². The maximum absolute atomic E-state index is 11.6. The fourth-order valence-electron chi connectivity index (χ4n) is 1.92. The number of rotatable bonds is 3. The molecule has 0 saturated carbocycles. The van der Waals surface area contributed by atoms with E-state index in [0.717, 1.165) is 32.5 Å². The standard InChI is InChI=1S/C11H17N3O2/c1-14-6-3-9(4-7-14)8-12-11(15)10-2-5-13-16-10/h2,5,9H,3-4,6-8H2,1H3,(H,12,15). The number of amides is 1. The van der Waals surface area contributed by atoms with E-state index >= 15 is 0 Å².